The van der Waals surface area contributed by atoms with Crippen LogP contribution in [0.2, 0.25) is 0 Å². The molecule has 0 bridgehead atoms. The van der Waals surface area contributed by atoms with Gasteiger partial charge in [-0.15, -0.1) is 24.0 Å². The summed E-state index contributed by atoms with van der Waals surface area (Å²) < 4.78 is 0. The van der Waals surface area contributed by atoms with Gasteiger partial charge in [-0.25, -0.2) is 0 Å². The van der Waals surface area contributed by atoms with Crippen molar-refractivity contribution in [2.24, 2.45) is 10.9 Å². The molecule has 1 saturated heterocycles. The molecule has 1 amide bonds. The van der Waals surface area contributed by atoms with Crippen molar-refractivity contribution in [3.05, 3.63) is 35.9 Å². The number of halogens is 1. The van der Waals surface area contributed by atoms with Crippen molar-refractivity contribution in [2.75, 3.05) is 32.7 Å². The van der Waals surface area contributed by atoms with Crippen LogP contribution in [0.4, 0.5) is 0 Å². The Labute approximate surface area is 187 Å². The fraction of sp³-hybridized carbons (Fsp3) is 0.619. The molecule has 0 aromatic heterocycles. The van der Waals surface area contributed by atoms with E-state index in [1.54, 1.807) is 0 Å². The molecule has 1 atom stereocenters. The lowest BCUT2D eigenvalue weighted by Crippen LogP contribution is -2.43. The third kappa shape index (κ3) is 8.77. The van der Waals surface area contributed by atoms with Gasteiger partial charge >= 0.3 is 0 Å². The Balaban J connectivity index is 0.00000392. The standard InChI is InChI=1S/C21H35N5O.HI/c1-4-22-21(24-13-12-23-20(27)17(2)3)25-15-19-11-8-14-26(19)16-18-9-6-5-7-10-18;/h5-7,9-10,17,19H,4,8,11-16H2,1-3H3,(H,23,27)(H2,22,24,25);1H. The molecule has 0 radical (unpaired) electrons. The first kappa shape index (κ1) is 24.7. The van der Waals surface area contributed by atoms with Crippen molar-refractivity contribution in [1.82, 2.24) is 20.9 Å². The van der Waals surface area contributed by atoms with Gasteiger partial charge in [-0.1, -0.05) is 44.2 Å². The summed E-state index contributed by atoms with van der Waals surface area (Å²) >= 11 is 0. The van der Waals surface area contributed by atoms with E-state index in [0.717, 1.165) is 32.1 Å². The summed E-state index contributed by atoms with van der Waals surface area (Å²) in [6.07, 6.45) is 2.43. The van der Waals surface area contributed by atoms with E-state index in [1.807, 2.05) is 13.8 Å². The number of benzene rings is 1. The highest BCUT2D eigenvalue weighted by Gasteiger charge is 2.24. The lowest BCUT2D eigenvalue weighted by atomic mass is 10.2. The smallest absolute Gasteiger partial charge is 0.222 e. The number of hydrogen-bond acceptors (Lipinski definition) is 3. The minimum atomic E-state index is 0. The summed E-state index contributed by atoms with van der Waals surface area (Å²) in [5.41, 5.74) is 1.36. The molecule has 1 fully saturated rings. The highest BCUT2D eigenvalue weighted by Crippen LogP contribution is 2.20. The number of rotatable bonds is 9. The first-order valence-electron chi connectivity index (χ1n) is 10.2. The number of carbonyl (C=O) groups is 1. The molecular weight excluding hydrogens is 465 g/mol. The first-order valence-corrected chi connectivity index (χ1v) is 10.2. The second kappa shape index (κ2) is 13.8. The SMILES string of the molecule is CCNC(=NCC1CCCN1Cc1ccccc1)NCCNC(=O)C(C)C.I. The Kier molecular flexibility index (Phi) is 12.1. The van der Waals surface area contributed by atoms with Crippen LogP contribution in [0.3, 0.4) is 0 Å². The molecule has 1 unspecified atom stereocenters. The predicted octanol–water partition coefficient (Wildman–Crippen LogP) is 2.60. The lowest BCUT2D eigenvalue weighted by molar-refractivity contribution is -0.123. The monoisotopic (exact) mass is 501 g/mol. The fourth-order valence-electron chi connectivity index (χ4n) is 3.24. The number of amides is 1. The van der Waals surface area contributed by atoms with Gasteiger partial charge in [0.25, 0.3) is 0 Å². The van der Waals surface area contributed by atoms with E-state index in [1.165, 1.54) is 18.4 Å². The first-order chi connectivity index (χ1) is 13.1. The summed E-state index contributed by atoms with van der Waals surface area (Å²) in [6, 6.07) is 11.1. The van der Waals surface area contributed by atoms with Crippen molar-refractivity contribution in [3.8, 4) is 0 Å². The maximum absolute atomic E-state index is 11.6. The molecule has 0 spiro atoms. The maximum atomic E-state index is 11.6. The number of hydrogen-bond donors (Lipinski definition) is 3. The van der Waals surface area contributed by atoms with Crippen LogP contribution in [0.5, 0.6) is 0 Å². The van der Waals surface area contributed by atoms with Gasteiger partial charge in [-0.05, 0) is 31.9 Å². The Bertz CT molecular complexity index is 594. The Morgan fingerprint density at radius 3 is 2.57 bits per heavy atom. The minimum absolute atomic E-state index is 0. The van der Waals surface area contributed by atoms with Gasteiger partial charge in [0, 0.05) is 38.1 Å². The third-order valence-corrected chi connectivity index (χ3v) is 4.77. The Hall–Kier alpha value is -1.35. The number of carbonyl (C=O) groups excluding carboxylic acids is 1. The van der Waals surface area contributed by atoms with E-state index in [2.05, 4.69) is 58.1 Å². The van der Waals surface area contributed by atoms with Crippen LogP contribution < -0.4 is 16.0 Å². The van der Waals surface area contributed by atoms with Crippen molar-refractivity contribution < 1.29 is 4.79 Å². The summed E-state index contributed by atoms with van der Waals surface area (Å²) in [7, 11) is 0. The van der Waals surface area contributed by atoms with Gasteiger partial charge in [0.05, 0.1) is 6.54 Å². The van der Waals surface area contributed by atoms with Gasteiger partial charge in [0.2, 0.25) is 5.91 Å². The summed E-state index contributed by atoms with van der Waals surface area (Å²) in [5.74, 6) is 0.925. The zero-order valence-electron chi connectivity index (χ0n) is 17.4. The molecule has 6 nitrogen and oxygen atoms in total. The zero-order chi connectivity index (χ0) is 19.5. The van der Waals surface area contributed by atoms with Crippen molar-refractivity contribution >= 4 is 35.8 Å². The molecule has 3 N–H and O–H groups in total. The highest BCUT2D eigenvalue weighted by atomic mass is 127. The molecule has 28 heavy (non-hydrogen) atoms. The molecule has 0 aliphatic carbocycles. The molecule has 1 aromatic rings. The van der Waals surface area contributed by atoms with Crippen LogP contribution >= 0.6 is 24.0 Å². The van der Waals surface area contributed by atoms with Crippen LogP contribution in [-0.2, 0) is 11.3 Å². The van der Waals surface area contributed by atoms with Gasteiger partial charge in [-0.2, -0.15) is 0 Å². The second-order valence-electron chi connectivity index (χ2n) is 7.34. The van der Waals surface area contributed by atoms with E-state index in [9.17, 15) is 4.79 Å². The van der Waals surface area contributed by atoms with E-state index in [-0.39, 0.29) is 35.8 Å². The summed E-state index contributed by atoms with van der Waals surface area (Å²) in [4.78, 5) is 18.9. The Morgan fingerprint density at radius 2 is 1.89 bits per heavy atom. The highest BCUT2D eigenvalue weighted by molar-refractivity contribution is 14.0. The third-order valence-electron chi connectivity index (χ3n) is 4.77. The number of likely N-dealkylation sites (tertiary alicyclic amines) is 1. The average Bonchev–Trinajstić information content (AvgIpc) is 3.10. The Morgan fingerprint density at radius 1 is 1.18 bits per heavy atom. The van der Waals surface area contributed by atoms with Crippen LogP contribution in [0.25, 0.3) is 0 Å². The quantitative estimate of drug-likeness (QED) is 0.211. The predicted molar refractivity (Wildman–Crippen MR) is 127 cm³/mol. The normalized spacial score (nSPS) is 17.3. The molecular formula is C21H36IN5O. The van der Waals surface area contributed by atoms with Gasteiger partial charge < -0.3 is 16.0 Å². The largest absolute Gasteiger partial charge is 0.357 e. The summed E-state index contributed by atoms with van der Waals surface area (Å²) in [5, 5.41) is 9.52. The number of nitrogens with zero attached hydrogens (tertiary/aromatic N) is 2. The molecule has 0 saturated carbocycles. The van der Waals surface area contributed by atoms with E-state index in [4.69, 9.17) is 4.99 Å². The number of aliphatic imine (C=N–C) groups is 1. The maximum Gasteiger partial charge on any atom is 0.222 e. The molecule has 1 aromatic carbocycles. The molecule has 158 valence electrons. The molecule has 2 rings (SSSR count). The molecule has 7 heteroatoms. The molecule has 1 aliphatic heterocycles. The average molecular weight is 501 g/mol. The van der Waals surface area contributed by atoms with Gasteiger partial charge in [0.15, 0.2) is 5.96 Å². The van der Waals surface area contributed by atoms with Crippen molar-refractivity contribution in [3.63, 3.8) is 0 Å². The van der Waals surface area contributed by atoms with Crippen LogP contribution in [0.1, 0.15) is 39.2 Å². The lowest BCUT2D eigenvalue weighted by Gasteiger charge is -2.23. The van der Waals surface area contributed by atoms with Crippen molar-refractivity contribution in [1.29, 1.82) is 0 Å². The molecule has 1 aliphatic rings. The number of guanidine groups is 1. The molecule has 1 heterocycles. The number of nitrogens with one attached hydrogen (secondary N) is 3. The van der Waals surface area contributed by atoms with Crippen LogP contribution in [-0.4, -0.2) is 55.5 Å². The fourth-order valence-corrected chi connectivity index (χ4v) is 3.24. The van der Waals surface area contributed by atoms with Crippen molar-refractivity contribution in [2.45, 2.75) is 46.2 Å². The van der Waals surface area contributed by atoms with Gasteiger partial charge in [0.1, 0.15) is 0 Å². The van der Waals surface area contributed by atoms with Crippen LogP contribution in [0, 0.1) is 5.92 Å². The topological polar surface area (TPSA) is 68.8 Å². The zero-order valence-corrected chi connectivity index (χ0v) is 19.7. The van der Waals surface area contributed by atoms with E-state index >= 15 is 0 Å². The van der Waals surface area contributed by atoms with E-state index < -0.39 is 0 Å². The van der Waals surface area contributed by atoms with Gasteiger partial charge in [-0.3, -0.25) is 14.7 Å². The second-order valence-corrected chi connectivity index (χ2v) is 7.34. The van der Waals surface area contributed by atoms with Crippen LogP contribution in [0.15, 0.2) is 35.3 Å². The summed E-state index contributed by atoms with van der Waals surface area (Å²) in [6.45, 7) is 10.9. The van der Waals surface area contributed by atoms with E-state index in [0.29, 0.717) is 19.1 Å². The minimum Gasteiger partial charge on any atom is -0.357 e.